The van der Waals surface area contributed by atoms with Crippen LogP contribution in [0.3, 0.4) is 0 Å². The van der Waals surface area contributed by atoms with Crippen LogP contribution < -0.4 is 5.73 Å². The molecule has 1 aliphatic carbocycles. The second-order valence-corrected chi connectivity index (χ2v) is 8.28. The van der Waals surface area contributed by atoms with Gasteiger partial charge in [-0.25, -0.2) is 8.42 Å². The molecule has 0 amide bonds. The van der Waals surface area contributed by atoms with Crippen molar-refractivity contribution in [2.24, 2.45) is 5.73 Å². The van der Waals surface area contributed by atoms with E-state index in [0.29, 0.717) is 0 Å². The van der Waals surface area contributed by atoms with Crippen molar-refractivity contribution in [1.29, 1.82) is 5.26 Å². The zero-order valence-electron chi connectivity index (χ0n) is 13.0. The first-order valence-electron chi connectivity index (χ1n) is 7.38. The van der Waals surface area contributed by atoms with Gasteiger partial charge in [-0.05, 0) is 31.5 Å². The first-order chi connectivity index (χ1) is 10.8. The molecule has 0 saturated heterocycles. The Morgan fingerprint density at radius 1 is 1.00 bits per heavy atom. The Labute approximate surface area is 136 Å². The lowest BCUT2D eigenvalue weighted by Crippen LogP contribution is -2.29. The molecule has 0 aliphatic heterocycles. The summed E-state index contributed by atoms with van der Waals surface area (Å²) in [6.45, 7) is 3.85. The number of nitrogens with zero attached hydrogens (tertiary/aromatic N) is 1. The minimum atomic E-state index is -3.66. The molecule has 1 aliphatic rings. The van der Waals surface area contributed by atoms with E-state index in [1.54, 1.807) is 24.3 Å². The summed E-state index contributed by atoms with van der Waals surface area (Å²) < 4.78 is 25.8. The lowest BCUT2D eigenvalue weighted by molar-refractivity contribution is 0.592. The van der Waals surface area contributed by atoms with Crippen LogP contribution in [0, 0.1) is 25.2 Å². The molecular formula is C18H18N2O2S. The van der Waals surface area contributed by atoms with Gasteiger partial charge in [0.25, 0.3) is 0 Å². The maximum Gasteiger partial charge on any atom is 0.184 e. The molecule has 2 aromatic rings. The zero-order valence-corrected chi connectivity index (χ0v) is 13.8. The van der Waals surface area contributed by atoms with E-state index in [-0.39, 0.29) is 4.90 Å². The summed E-state index contributed by atoms with van der Waals surface area (Å²) in [4.78, 5) is 0.216. The van der Waals surface area contributed by atoms with Gasteiger partial charge in [0, 0.05) is 5.92 Å². The van der Waals surface area contributed by atoms with Gasteiger partial charge in [0.2, 0.25) is 0 Å². The van der Waals surface area contributed by atoms with E-state index < -0.39 is 26.5 Å². The quantitative estimate of drug-likeness (QED) is 0.939. The maximum atomic E-state index is 12.9. The summed E-state index contributed by atoms with van der Waals surface area (Å²) in [7, 11) is -3.66. The molecular weight excluding hydrogens is 308 g/mol. The molecule has 0 aromatic heterocycles. The average molecular weight is 326 g/mol. The van der Waals surface area contributed by atoms with Crippen LogP contribution in [-0.4, -0.2) is 19.2 Å². The maximum absolute atomic E-state index is 12.9. The predicted molar refractivity (Wildman–Crippen MR) is 88.6 cm³/mol. The fraction of sp³-hybridized carbons (Fsp3) is 0.278. The molecule has 3 unspecified atom stereocenters. The summed E-state index contributed by atoms with van der Waals surface area (Å²) >= 11 is 0. The van der Waals surface area contributed by atoms with Crippen molar-refractivity contribution >= 4 is 9.84 Å². The molecule has 2 N–H and O–H groups in total. The normalized spacial score (nSPS) is 26.5. The third kappa shape index (κ3) is 2.44. The molecule has 2 aromatic carbocycles. The third-order valence-electron chi connectivity index (χ3n) is 4.49. The Bertz CT molecular complexity index is 880. The monoisotopic (exact) mass is 326 g/mol. The number of rotatable bonds is 3. The lowest BCUT2D eigenvalue weighted by atomic mass is 10.1. The fourth-order valence-corrected chi connectivity index (χ4v) is 5.23. The molecule has 0 bridgehead atoms. The molecule has 0 heterocycles. The molecule has 23 heavy (non-hydrogen) atoms. The first-order valence-corrected chi connectivity index (χ1v) is 8.92. The number of nitrogens with two attached hydrogens (primary N) is 1. The lowest BCUT2D eigenvalue weighted by Gasteiger charge is -2.05. The van der Waals surface area contributed by atoms with Crippen LogP contribution in [0.15, 0.2) is 53.4 Å². The molecule has 4 nitrogen and oxygen atoms in total. The van der Waals surface area contributed by atoms with E-state index in [0.717, 1.165) is 16.7 Å². The molecule has 1 fully saturated rings. The highest BCUT2D eigenvalue weighted by Crippen LogP contribution is 2.55. The van der Waals surface area contributed by atoms with Crippen LogP contribution in [0.5, 0.6) is 0 Å². The molecule has 5 heteroatoms. The number of benzene rings is 2. The van der Waals surface area contributed by atoms with E-state index in [2.05, 4.69) is 0 Å². The Kier molecular flexibility index (Phi) is 3.55. The van der Waals surface area contributed by atoms with Crippen molar-refractivity contribution in [1.82, 2.24) is 0 Å². The van der Waals surface area contributed by atoms with Gasteiger partial charge in [0.15, 0.2) is 9.84 Å². The number of sulfone groups is 1. The highest BCUT2D eigenvalue weighted by molar-refractivity contribution is 7.92. The second-order valence-electron chi connectivity index (χ2n) is 6.21. The van der Waals surface area contributed by atoms with Gasteiger partial charge in [0.05, 0.1) is 11.0 Å². The summed E-state index contributed by atoms with van der Waals surface area (Å²) in [5.41, 5.74) is 7.59. The highest BCUT2D eigenvalue weighted by atomic mass is 32.2. The molecule has 0 spiro atoms. The van der Waals surface area contributed by atoms with Crippen LogP contribution in [0.4, 0.5) is 0 Å². The largest absolute Gasteiger partial charge is 0.312 e. The van der Waals surface area contributed by atoms with E-state index in [1.807, 2.05) is 44.2 Å². The number of aryl methyl sites for hydroxylation is 2. The standard InChI is InChI=1S/C18H18N2O2S/c1-12-3-7-14(8-4-12)16-17(18(16,20)11-19)23(21,22)15-9-5-13(2)6-10-15/h3-10,16-17H,20H2,1-2H3. The van der Waals surface area contributed by atoms with E-state index in [9.17, 15) is 13.7 Å². The van der Waals surface area contributed by atoms with E-state index >= 15 is 0 Å². The molecule has 1 saturated carbocycles. The van der Waals surface area contributed by atoms with Gasteiger partial charge in [0.1, 0.15) is 10.8 Å². The van der Waals surface area contributed by atoms with Crippen molar-refractivity contribution in [2.75, 3.05) is 0 Å². The summed E-state index contributed by atoms with van der Waals surface area (Å²) in [5, 5.41) is 8.53. The molecule has 0 radical (unpaired) electrons. The Morgan fingerprint density at radius 3 is 1.96 bits per heavy atom. The number of hydrogen-bond donors (Lipinski definition) is 1. The zero-order chi connectivity index (χ0) is 16.8. The van der Waals surface area contributed by atoms with Crippen molar-refractivity contribution in [2.45, 2.75) is 35.4 Å². The van der Waals surface area contributed by atoms with Crippen molar-refractivity contribution in [3.8, 4) is 6.07 Å². The van der Waals surface area contributed by atoms with Crippen molar-refractivity contribution in [3.63, 3.8) is 0 Å². The van der Waals surface area contributed by atoms with E-state index in [1.165, 1.54) is 0 Å². The summed E-state index contributed by atoms with van der Waals surface area (Å²) in [5.74, 6) is -0.501. The minimum Gasteiger partial charge on any atom is -0.312 e. The fourth-order valence-electron chi connectivity index (χ4n) is 3.04. The number of hydrogen-bond acceptors (Lipinski definition) is 4. The van der Waals surface area contributed by atoms with Crippen molar-refractivity contribution < 1.29 is 8.42 Å². The van der Waals surface area contributed by atoms with E-state index in [4.69, 9.17) is 5.73 Å². The van der Waals surface area contributed by atoms with Gasteiger partial charge in [-0.1, -0.05) is 47.5 Å². The first kappa shape index (κ1) is 15.7. The van der Waals surface area contributed by atoms with Gasteiger partial charge < -0.3 is 5.73 Å². The van der Waals surface area contributed by atoms with Crippen LogP contribution in [0.1, 0.15) is 22.6 Å². The third-order valence-corrected chi connectivity index (χ3v) is 6.75. The Hall–Kier alpha value is -2.16. The highest BCUT2D eigenvalue weighted by Gasteiger charge is 2.70. The van der Waals surface area contributed by atoms with Crippen LogP contribution in [0.25, 0.3) is 0 Å². The summed E-state index contributed by atoms with van der Waals surface area (Å²) in [6.07, 6.45) is 0. The van der Waals surface area contributed by atoms with Crippen LogP contribution in [-0.2, 0) is 9.84 Å². The molecule has 118 valence electrons. The summed E-state index contributed by atoms with van der Waals surface area (Å²) in [6, 6.07) is 16.2. The van der Waals surface area contributed by atoms with Gasteiger partial charge >= 0.3 is 0 Å². The van der Waals surface area contributed by atoms with Crippen LogP contribution in [0.2, 0.25) is 0 Å². The topological polar surface area (TPSA) is 83.9 Å². The van der Waals surface area contributed by atoms with Gasteiger partial charge in [-0.15, -0.1) is 0 Å². The Balaban J connectivity index is 2.03. The van der Waals surface area contributed by atoms with Gasteiger partial charge in [-0.3, -0.25) is 0 Å². The van der Waals surface area contributed by atoms with Crippen LogP contribution >= 0.6 is 0 Å². The minimum absolute atomic E-state index is 0.216. The van der Waals surface area contributed by atoms with Gasteiger partial charge in [-0.2, -0.15) is 5.26 Å². The second kappa shape index (κ2) is 5.19. The molecule has 3 rings (SSSR count). The predicted octanol–water partition coefficient (Wildman–Crippen LogP) is 2.46. The number of nitriles is 1. The smallest absolute Gasteiger partial charge is 0.184 e. The molecule has 3 atom stereocenters. The Morgan fingerprint density at radius 2 is 1.48 bits per heavy atom. The van der Waals surface area contributed by atoms with Crippen molar-refractivity contribution in [3.05, 3.63) is 65.2 Å². The average Bonchev–Trinajstić information content (AvgIpc) is 3.16. The SMILES string of the molecule is Cc1ccc(C2C(S(=O)(=O)c3ccc(C)cc3)C2(N)C#N)cc1.